The number of aromatic hydroxyl groups is 1. The van der Waals surface area contributed by atoms with Crippen LogP contribution in [-0.4, -0.2) is 23.0 Å². The number of imide groups is 2. The summed E-state index contributed by atoms with van der Waals surface area (Å²) in [7, 11) is 0. The van der Waals surface area contributed by atoms with Gasteiger partial charge in [-0.15, -0.1) is 0 Å². The number of phenolic OH excluding ortho intramolecular Hbond substituents is 1. The second-order valence-corrected chi connectivity index (χ2v) is 10.7. The van der Waals surface area contributed by atoms with Gasteiger partial charge in [0, 0.05) is 16.1 Å². The van der Waals surface area contributed by atoms with Crippen LogP contribution in [0.4, 0.5) is 10.5 Å². The lowest BCUT2D eigenvalue weighted by Crippen LogP contribution is -2.54. The molecule has 1 heterocycles. The van der Waals surface area contributed by atoms with Gasteiger partial charge in [0.15, 0.2) is 0 Å². The van der Waals surface area contributed by atoms with Gasteiger partial charge >= 0.3 is 6.03 Å². The molecule has 0 unspecified atom stereocenters. The van der Waals surface area contributed by atoms with E-state index in [0.717, 1.165) is 4.90 Å². The van der Waals surface area contributed by atoms with Crippen molar-refractivity contribution < 1.29 is 19.5 Å². The minimum atomic E-state index is -0.830. The van der Waals surface area contributed by atoms with Crippen LogP contribution in [0.5, 0.6) is 5.75 Å². The van der Waals surface area contributed by atoms with E-state index in [1.165, 1.54) is 6.08 Å². The number of halogens is 1. The van der Waals surface area contributed by atoms with E-state index in [0.29, 0.717) is 33.0 Å². The largest absolute Gasteiger partial charge is 0.507 e. The first-order valence-electron chi connectivity index (χ1n) is 10.7. The summed E-state index contributed by atoms with van der Waals surface area (Å²) in [5, 5.41) is 13.6. The zero-order valence-electron chi connectivity index (χ0n) is 20.0. The fourth-order valence-corrected chi connectivity index (χ4v) is 3.93. The summed E-state index contributed by atoms with van der Waals surface area (Å²) in [4.78, 5) is 39.5. The second-order valence-electron chi connectivity index (χ2n) is 10.3. The Bertz CT molecular complexity index is 1160. The molecule has 1 fully saturated rings. The highest BCUT2D eigenvalue weighted by atomic mass is 35.5. The molecule has 6 nitrogen and oxygen atoms in total. The van der Waals surface area contributed by atoms with Crippen LogP contribution in [0.3, 0.4) is 0 Å². The van der Waals surface area contributed by atoms with Crippen molar-refractivity contribution in [3.05, 3.63) is 63.2 Å². The van der Waals surface area contributed by atoms with Crippen molar-refractivity contribution >= 4 is 41.2 Å². The predicted octanol–water partition coefficient (Wildman–Crippen LogP) is 5.62. The Morgan fingerprint density at radius 1 is 0.970 bits per heavy atom. The van der Waals surface area contributed by atoms with Gasteiger partial charge < -0.3 is 5.11 Å². The van der Waals surface area contributed by atoms with E-state index in [4.69, 9.17) is 11.6 Å². The molecule has 0 bridgehead atoms. The maximum atomic E-state index is 13.3. The summed E-state index contributed by atoms with van der Waals surface area (Å²) in [6.45, 7) is 13.6. The third-order valence-corrected chi connectivity index (χ3v) is 6.05. The van der Waals surface area contributed by atoms with Crippen molar-refractivity contribution in [1.82, 2.24) is 5.32 Å². The van der Waals surface area contributed by atoms with Gasteiger partial charge in [-0.3, -0.25) is 14.9 Å². The first kappa shape index (κ1) is 24.5. The molecule has 0 atom stereocenters. The third-order valence-electron chi connectivity index (χ3n) is 5.64. The molecule has 0 aromatic heterocycles. The summed E-state index contributed by atoms with van der Waals surface area (Å²) in [6.07, 6.45) is 1.46. The van der Waals surface area contributed by atoms with Crippen LogP contribution in [-0.2, 0) is 20.4 Å². The highest BCUT2D eigenvalue weighted by Crippen LogP contribution is 2.40. The molecule has 2 N–H and O–H groups in total. The lowest BCUT2D eigenvalue weighted by atomic mass is 9.78. The number of carbonyl (C=O) groups is 3. The smallest absolute Gasteiger partial charge is 0.335 e. The van der Waals surface area contributed by atoms with Gasteiger partial charge in [0.1, 0.15) is 11.3 Å². The number of hydrogen-bond acceptors (Lipinski definition) is 4. The number of nitrogens with one attached hydrogen (secondary N) is 1. The van der Waals surface area contributed by atoms with Crippen LogP contribution < -0.4 is 10.2 Å². The normalized spacial score (nSPS) is 16.4. The highest BCUT2D eigenvalue weighted by Gasteiger charge is 2.38. The first-order chi connectivity index (χ1) is 15.1. The van der Waals surface area contributed by atoms with Crippen molar-refractivity contribution in [1.29, 1.82) is 0 Å². The number of anilines is 1. The van der Waals surface area contributed by atoms with Crippen LogP contribution in [0.1, 0.15) is 63.8 Å². The molecule has 0 aliphatic carbocycles. The molecule has 3 rings (SSSR count). The molecule has 174 valence electrons. The molecule has 0 radical (unpaired) electrons. The Morgan fingerprint density at radius 2 is 1.52 bits per heavy atom. The highest BCUT2D eigenvalue weighted by molar-refractivity contribution is 6.40. The maximum absolute atomic E-state index is 13.3. The maximum Gasteiger partial charge on any atom is 0.335 e. The van der Waals surface area contributed by atoms with Crippen LogP contribution in [0, 0.1) is 6.92 Å². The van der Waals surface area contributed by atoms with Crippen molar-refractivity contribution in [2.45, 2.75) is 59.3 Å². The van der Waals surface area contributed by atoms with E-state index in [9.17, 15) is 19.5 Å². The Labute approximate surface area is 199 Å². The lowest BCUT2D eigenvalue weighted by Gasteiger charge is -2.29. The molecule has 0 saturated carbocycles. The van der Waals surface area contributed by atoms with Crippen LogP contribution in [0.15, 0.2) is 35.9 Å². The Hall–Kier alpha value is -3.12. The van der Waals surface area contributed by atoms with Gasteiger partial charge in [0.2, 0.25) is 0 Å². The summed E-state index contributed by atoms with van der Waals surface area (Å²) < 4.78 is 0. The minimum Gasteiger partial charge on any atom is -0.507 e. The molecule has 1 saturated heterocycles. The summed E-state index contributed by atoms with van der Waals surface area (Å²) >= 11 is 6.18. The molecular weight excluding hydrogens is 440 g/mol. The molecule has 33 heavy (non-hydrogen) atoms. The van der Waals surface area contributed by atoms with E-state index in [1.807, 2.05) is 41.5 Å². The van der Waals surface area contributed by atoms with Crippen molar-refractivity contribution in [2.75, 3.05) is 4.90 Å². The van der Waals surface area contributed by atoms with E-state index in [-0.39, 0.29) is 22.2 Å². The molecule has 2 aromatic rings. The van der Waals surface area contributed by atoms with Gasteiger partial charge in [-0.2, -0.15) is 0 Å². The number of nitrogens with zero attached hydrogens (tertiary/aromatic N) is 1. The van der Waals surface area contributed by atoms with Crippen LogP contribution in [0.25, 0.3) is 6.08 Å². The first-order valence-corrected chi connectivity index (χ1v) is 11.0. The number of carbonyl (C=O) groups excluding carboxylic acids is 3. The van der Waals surface area contributed by atoms with Crippen LogP contribution >= 0.6 is 11.6 Å². The zero-order valence-corrected chi connectivity index (χ0v) is 20.7. The zero-order chi connectivity index (χ0) is 24.9. The molecular formula is C26H29ClN2O4. The SMILES string of the molecule is Cc1c(Cl)cccc1N1C(=O)NC(=O)/C(=C\c2cc(C(C)(C)C)c(O)c(C(C)(C)C)c2)C1=O. The Morgan fingerprint density at radius 3 is 2.03 bits per heavy atom. The third kappa shape index (κ3) is 4.67. The molecule has 4 amide bonds. The standard InChI is InChI=1S/C26H29ClN2O4/c1-14-19(27)9-8-10-20(14)29-23(32)16(22(31)28-24(29)33)11-15-12-17(25(2,3)4)21(30)18(13-15)26(5,6)7/h8-13,30H,1-7H3,(H,28,31,33)/b16-11+. The monoisotopic (exact) mass is 468 g/mol. The molecule has 1 aliphatic rings. The lowest BCUT2D eigenvalue weighted by molar-refractivity contribution is -0.122. The number of phenols is 1. The van der Waals surface area contributed by atoms with Gasteiger partial charge in [0.05, 0.1) is 5.69 Å². The number of amides is 4. The summed E-state index contributed by atoms with van der Waals surface area (Å²) in [6, 6.07) is 7.60. The number of benzene rings is 2. The molecule has 0 spiro atoms. The average Bonchev–Trinajstić information content (AvgIpc) is 2.67. The van der Waals surface area contributed by atoms with Gasteiger partial charge in [0.25, 0.3) is 11.8 Å². The second kappa shape index (κ2) is 8.34. The molecule has 1 aliphatic heterocycles. The number of rotatable bonds is 2. The molecule has 7 heteroatoms. The van der Waals surface area contributed by atoms with E-state index < -0.39 is 17.8 Å². The minimum absolute atomic E-state index is 0.181. The van der Waals surface area contributed by atoms with Gasteiger partial charge in [-0.1, -0.05) is 59.2 Å². The summed E-state index contributed by atoms with van der Waals surface area (Å²) in [5.41, 5.74) is 1.89. The van der Waals surface area contributed by atoms with E-state index in [1.54, 1.807) is 37.3 Å². The van der Waals surface area contributed by atoms with E-state index >= 15 is 0 Å². The predicted molar refractivity (Wildman–Crippen MR) is 131 cm³/mol. The van der Waals surface area contributed by atoms with E-state index in [2.05, 4.69) is 5.32 Å². The van der Waals surface area contributed by atoms with Crippen molar-refractivity contribution in [3.8, 4) is 5.75 Å². The van der Waals surface area contributed by atoms with Gasteiger partial charge in [-0.05, 0) is 59.2 Å². The average molecular weight is 469 g/mol. The van der Waals surface area contributed by atoms with Crippen molar-refractivity contribution in [3.63, 3.8) is 0 Å². The topological polar surface area (TPSA) is 86.7 Å². The quantitative estimate of drug-likeness (QED) is 0.442. The number of barbiturate groups is 1. The number of urea groups is 1. The summed E-state index contributed by atoms with van der Waals surface area (Å²) in [5.74, 6) is -1.32. The fraction of sp³-hybridized carbons (Fsp3) is 0.346. The van der Waals surface area contributed by atoms with Crippen LogP contribution in [0.2, 0.25) is 5.02 Å². The number of hydrogen-bond donors (Lipinski definition) is 2. The van der Waals surface area contributed by atoms with Crippen molar-refractivity contribution in [2.24, 2.45) is 0 Å². The molecule has 2 aromatic carbocycles. The Balaban J connectivity index is 2.19. The van der Waals surface area contributed by atoms with Gasteiger partial charge in [-0.25, -0.2) is 9.69 Å². The Kier molecular flexibility index (Phi) is 6.20. The fourth-order valence-electron chi connectivity index (χ4n) is 3.76.